The van der Waals surface area contributed by atoms with E-state index in [-0.39, 0.29) is 34.4 Å². The van der Waals surface area contributed by atoms with Crippen molar-refractivity contribution in [2.75, 3.05) is 29.6 Å². The molecular formula is C29H36ClN9O2S. The second-order valence-corrected chi connectivity index (χ2v) is 12.0. The summed E-state index contributed by atoms with van der Waals surface area (Å²) in [6, 6.07) is 7.25. The molecule has 0 bridgehead atoms. The lowest BCUT2D eigenvalue weighted by Crippen LogP contribution is -2.38. The number of rotatable bonds is 8. The molecule has 1 saturated heterocycles. The first-order chi connectivity index (χ1) is 20.1. The zero-order chi connectivity index (χ0) is 30.1. The Balaban J connectivity index is 1.48. The van der Waals surface area contributed by atoms with Crippen LogP contribution in [-0.4, -0.2) is 54.6 Å². The molecule has 1 aliphatic rings. The number of pyridine rings is 1. The third-order valence-electron chi connectivity index (χ3n) is 7.67. The number of carbonyl (C=O) groups excluding carboxylic acids is 1. The van der Waals surface area contributed by atoms with Gasteiger partial charge in [0.25, 0.3) is 11.5 Å². The molecule has 3 aromatic heterocycles. The Kier molecular flexibility index (Phi) is 8.74. The normalized spacial score (nSPS) is 14.9. The number of amides is 1. The number of aromatic nitrogens is 6. The van der Waals surface area contributed by atoms with Crippen molar-refractivity contribution >= 4 is 52.0 Å². The van der Waals surface area contributed by atoms with Crippen molar-refractivity contribution in [2.45, 2.75) is 58.5 Å². The van der Waals surface area contributed by atoms with Gasteiger partial charge in [-0.2, -0.15) is 5.10 Å². The van der Waals surface area contributed by atoms with Crippen molar-refractivity contribution in [1.29, 1.82) is 0 Å². The molecule has 13 heteroatoms. The Morgan fingerprint density at radius 3 is 2.57 bits per heavy atom. The lowest BCUT2D eigenvalue weighted by molar-refractivity contribution is 0.0980. The quantitative estimate of drug-likeness (QED) is 0.209. The van der Waals surface area contributed by atoms with Gasteiger partial charge in [0.15, 0.2) is 5.69 Å². The van der Waals surface area contributed by atoms with E-state index in [0.717, 1.165) is 42.9 Å². The average molecular weight is 610 g/mol. The zero-order valence-corrected chi connectivity index (χ0v) is 26.3. The minimum atomic E-state index is -0.349. The van der Waals surface area contributed by atoms with Crippen molar-refractivity contribution in [1.82, 2.24) is 34.0 Å². The summed E-state index contributed by atoms with van der Waals surface area (Å²) in [7, 11) is 1.78. The van der Waals surface area contributed by atoms with Crippen molar-refractivity contribution in [3.63, 3.8) is 0 Å². The van der Waals surface area contributed by atoms with E-state index < -0.39 is 0 Å². The Labute approximate surface area is 254 Å². The smallest absolute Gasteiger partial charge is 0.281 e. The van der Waals surface area contributed by atoms with Crippen LogP contribution in [-0.2, 0) is 7.05 Å². The van der Waals surface area contributed by atoms with Crippen molar-refractivity contribution in [3.05, 3.63) is 68.7 Å². The van der Waals surface area contributed by atoms with Crippen LogP contribution < -0.4 is 20.5 Å². The number of carbonyl (C=O) groups is 1. The van der Waals surface area contributed by atoms with Crippen LogP contribution in [0.5, 0.6) is 0 Å². The second kappa shape index (κ2) is 12.3. The number of hydrogen-bond donors (Lipinski definition) is 2. The second-order valence-electron chi connectivity index (χ2n) is 11.0. The summed E-state index contributed by atoms with van der Waals surface area (Å²) in [6.45, 7) is 9.67. The first kappa shape index (κ1) is 29.8. The number of halogens is 1. The van der Waals surface area contributed by atoms with Gasteiger partial charge in [-0.15, -0.1) is 0 Å². The molecule has 1 fully saturated rings. The van der Waals surface area contributed by atoms with Crippen LogP contribution in [0.1, 0.15) is 79.1 Å². The maximum atomic E-state index is 13.7. The summed E-state index contributed by atoms with van der Waals surface area (Å²) in [4.78, 5) is 42.4. The number of nitrogens with one attached hydrogen (secondary N) is 2. The predicted molar refractivity (Wildman–Crippen MR) is 169 cm³/mol. The molecule has 11 nitrogen and oxygen atoms in total. The van der Waals surface area contributed by atoms with Crippen LogP contribution in [0.25, 0.3) is 10.9 Å². The molecule has 0 spiro atoms. The fourth-order valence-corrected chi connectivity index (χ4v) is 6.05. The van der Waals surface area contributed by atoms with Crippen molar-refractivity contribution < 1.29 is 4.79 Å². The van der Waals surface area contributed by atoms with Crippen LogP contribution in [0.15, 0.2) is 35.4 Å². The molecule has 4 heterocycles. The highest BCUT2D eigenvalue weighted by Gasteiger charge is 2.28. The number of hydrogen-bond acceptors (Lipinski definition) is 9. The summed E-state index contributed by atoms with van der Waals surface area (Å²) < 4.78 is 6.35. The summed E-state index contributed by atoms with van der Waals surface area (Å²) >= 11 is 7.30. The predicted octanol–water partition coefficient (Wildman–Crippen LogP) is 5.03. The summed E-state index contributed by atoms with van der Waals surface area (Å²) in [6.07, 6.45) is 5.18. The molecule has 2 N–H and O–H groups in total. The van der Waals surface area contributed by atoms with Gasteiger partial charge < -0.3 is 10.2 Å². The highest BCUT2D eigenvalue weighted by Crippen LogP contribution is 2.32. The van der Waals surface area contributed by atoms with E-state index in [1.807, 2.05) is 30.7 Å². The van der Waals surface area contributed by atoms with E-state index in [4.69, 9.17) is 16.6 Å². The highest BCUT2D eigenvalue weighted by atomic mass is 35.5. The van der Waals surface area contributed by atoms with Crippen LogP contribution in [0, 0.1) is 6.92 Å². The van der Waals surface area contributed by atoms with Crippen molar-refractivity contribution in [2.24, 2.45) is 7.05 Å². The first-order valence-electron chi connectivity index (χ1n) is 14.0. The fraction of sp³-hybridized carbons (Fsp3) is 0.448. The number of piperidine rings is 1. The molecule has 0 radical (unpaired) electrons. The van der Waals surface area contributed by atoms with Crippen LogP contribution in [0.4, 0.5) is 11.6 Å². The van der Waals surface area contributed by atoms with E-state index >= 15 is 0 Å². The molecule has 0 saturated carbocycles. The molecule has 0 aliphatic carbocycles. The van der Waals surface area contributed by atoms with E-state index in [2.05, 4.69) is 43.9 Å². The number of benzene rings is 1. The molecule has 1 unspecified atom stereocenters. The van der Waals surface area contributed by atoms with Crippen molar-refractivity contribution in [3.8, 4) is 0 Å². The summed E-state index contributed by atoms with van der Waals surface area (Å²) in [5, 5.41) is 8.61. The van der Waals surface area contributed by atoms with Gasteiger partial charge in [-0.1, -0.05) is 29.6 Å². The van der Waals surface area contributed by atoms with Gasteiger partial charge >= 0.3 is 0 Å². The molecule has 1 aliphatic heterocycles. The minimum absolute atomic E-state index is 0.0954. The fourth-order valence-electron chi connectivity index (χ4n) is 5.62. The minimum Gasteiger partial charge on any atom is -0.377 e. The Morgan fingerprint density at radius 1 is 1.14 bits per heavy atom. The molecule has 1 atom stereocenters. The first-order valence-corrected chi connectivity index (χ1v) is 15.6. The molecule has 42 heavy (non-hydrogen) atoms. The lowest BCUT2D eigenvalue weighted by Gasteiger charge is -2.33. The number of anilines is 2. The van der Waals surface area contributed by atoms with Gasteiger partial charge in [-0.25, -0.2) is 19.6 Å². The van der Waals surface area contributed by atoms with Gasteiger partial charge in [0.05, 0.1) is 22.6 Å². The van der Waals surface area contributed by atoms with E-state index in [0.29, 0.717) is 28.5 Å². The van der Waals surface area contributed by atoms with Crippen LogP contribution in [0.3, 0.4) is 0 Å². The lowest BCUT2D eigenvalue weighted by atomic mass is 9.96. The molecular weight excluding hydrogens is 574 g/mol. The largest absolute Gasteiger partial charge is 0.377 e. The maximum absolute atomic E-state index is 13.7. The van der Waals surface area contributed by atoms with E-state index in [9.17, 15) is 9.59 Å². The third-order valence-corrected chi connectivity index (χ3v) is 8.27. The topological polar surface area (TPSA) is 123 Å². The van der Waals surface area contributed by atoms with Gasteiger partial charge in [0, 0.05) is 43.9 Å². The Hall–Kier alpha value is -3.64. The van der Waals surface area contributed by atoms with Gasteiger partial charge in [0.2, 0.25) is 5.95 Å². The molecule has 222 valence electrons. The number of fused-ring (bicyclic) bond motifs is 1. The Bertz CT molecular complexity index is 1680. The molecule has 1 amide bonds. The Morgan fingerprint density at radius 2 is 1.88 bits per heavy atom. The highest BCUT2D eigenvalue weighted by molar-refractivity contribution is 7.97. The van der Waals surface area contributed by atoms with Crippen LogP contribution in [0.2, 0.25) is 5.15 Å². The average Bonchev–Trinajstić information content (AvgIpc) is 3.46. The van der Waals surface area contributed by atoms with Gasteiger partial charge in [0.1, 0.15) is 17.3 Å². The molecule has 4 aromatic rings. The third kappa shape index (κ3) is 5.82. The monoisotopic (exact) mass is 609 g/mol. The maximum Gasteiger partial charge on any atom is 0.281 e. The molecule has 1 aromatic carbocycles. The standard InChI is InChI=1S/C29H36ClN9O2S/c1-16(2)39-26(31-15-32-39)19-9-11-38(12-10-19)29-35-24-20(13-17(3)14-21(24)28(41)37(29)5)18(4)33-22-7-8-23(30)34-25(22)27(40)36-42-6/h7-8,13-16,18-19,33H,9-12H2,1-6H3,(H,36,40). The van der Waals surface area contributed by atoms with Gasteiger partial charge in [-0.3, -0.25) is 18.9 Å². The zero-order valence-electron chi connectivity index (χ0n) is 24.7. The van der Waals surface area contributed by atoms with Crippen LogP contribution >= 0.6 is 23.5 Å². The number of nitrogens with zero attached hydrogens (tertiary/aromatic N) is 7. The van der Waals surface area contributed by atoms with E-state index in [1.54, 1.807) is 36.3 Å². The SMILES string of the molecule is CSNC(=O)c1nc(Cl)ccc1NC(C)c1cc(C)cc2c(=O)n(C)c(N3CCC(c4ncnn4C(C)C)CC3)nc12. The van der Waals surface area contributed by atoms with E-state index in [1.165, 1.54) is 11.9 Å². The number of aryl methyl sites for hydroxylation is 1. The van der Waals surface area contributed by atoms with Gasteiger partial charge in [-0.05, 0) is 64.3 Å². The summed E-state index contributed by atoms with van der Waals surface area (Å²) in [5.41, 5.74) is 3.08. The molecule has 5 rings (SSSR count). The summed E-state index contributed by atoms with van der Waals surface area (Å²) in [5.74, 6) is 1.61.